The molecule has 0 atom stereocenters. The van der Waals surface area contributed by atoms with Crippen molar-refractivity contribution in [2.24, 2.45) is 0 Å². The SMILES string of the molecule is CNc1nc(Oc2ccc(Cl)cc2)nc(-n2cncn2)n1. The molecule has 3 rings (SSSR count). The van der Waals surface area contributed by atoms with Gasteiger partial charge in [0.15, 0.2) is 0 Å². The van der Waals surface area contributed by atoms with E-state index in [1.165, 1.54) is 17.3 Å². The average Bonchev–Trinajstić information content (AvgIpc) is 3.04. The first kappa shape index (κ1) is 13.3. The van der Waals surface area contributed by atoms with E-state index in [0.717, 1.165) is 0 Å². The molecule has 9 heteroatoms. The Balaban J connectivity index is 1.94. The number of anilines is 1. The van der Waals surface area contributed by atoms with Gasteiger partial charge < -0.3 is 10.1 Å². The number of hydrogen-bond acceptors (Lipinski definition) is 7. The van der Waals surface area contributed by atoms with Crippen LogP contribution in [0.15, 0.2) is 36.9 Å². The Kier molecular flexibility index (Phi) is 3.61. The third kappa shape index (κ3) is 3.06. The third-order valence-corrected chi connectivity index (χ3v) is 2.73. The summed E-state index contributed by atoms with van der Waals surface area (Å²) >= 11 is 5.83. The molecule has 0 saturated carbocycles. The van der Waals surface area contributed by atoms with Gasteiger partial charge in [-0.25, -0.2) is 4.98 Å². The molecule has 0 spiro atoms. The van der Waals surface area contributed by atoms with Gasteiger partial charge in [-0.1, -0.05) is 11.6 Å². The molecule has 3 aromatic rings. The van der Waals surface area contributed by atoms with E-state index in [-0.39, 0.29) is 6.01 Å². The zero-order chi connectivity index (χ0) is 14.7. The normalized spacial score (nSPS) is 10.4. The van der Waals surface area contributed by atoms with Crippen LogP contribution in [0.1, 0.15) is 0 Å². The van der Waals surface area contributed by atoms with Crippen molar-refractivity contribution in [2.75, 3.05) is 12.4 Å². The maximum Gasteiger partial charge on any atom is 0.328 e. The van der Waals surface area contributed by atoms with Gasteiger partial charge in [-0.15, -0.1) is 0 Å². The number of hydrogen-bond donors (Lipinski definition) is 1. The summed E-state index contributed by atoms with van der Waals surface area (Å²) in [4.78, 5) is 16.3. The standard InChI is InChI=1S/C12H10ClN7O/c1-14-10-17-11(20-7-15-6-16-20)19-12(18-10)21-9-4-2-8(13)3-5-9/h2-7H,1H3,(H,14,17,18,19). The van der Waals surface area contributed by atoms with E-state index in [0.29, 0.717) is 22.7 Å². The molecule has 2 heterocycles. The van der Waals surface area contributed by atoms with E-state index in [2.05, 4.69) is 30.4 Å². The van der Waals surface area contributed by atoms with Crippen LogP contribution in [0.25, 0.3) is 5.95 Å². The molecule has 0 amide bonds. The second kappa shape index (κ2) is 5.71. The van der Waals surface area contributed by atoms with Crippen LogP contribution < -0.4 is 10.1 Å². The lowest BCUT2D eigenvalue weighted by molar-refractivity contribution is 0.438. The minimum atomic E-state index is 0.141. The number of nitrogens with one attached hydrogen (secondary N) is 1. The predicted molar refractivity (Wildman–Crippen MR) is 75.8 cm³/mol. The Bertz CT molecular complexity index is 730. The van der Waals surface area contributed by atoms with Crippen molar-refractivity contribution in [1.82, 2.24) is 29.7 Å². The molecule has 106 valence electrons. The molecule has 2 aromatic heterocycles. The van der Waals surface area contributed by atoms with Crippen LogP contribution in [0.4, 0.5) is 5.95 Å². The summed E-state index contributed by atoms with van der Waals surface area (Å²) in [6.07, 6.45) is 2.88. The molecule has 0 radical (unpaired) electrons. The van der Waals surface area contributed by atoms with E-state index >= 15 is 0 Å². The topological polar surface area (TPSA) is 90.6 Å². The Morgan fingerprint density at radius 1 is 1.14 bits per heavy atom. The van der Waals surface area contributed by atoms with Crippen LogP contribution in [0.5, 0.6) is 11.8 Å². The number of nitrogens with zero attached hydrogens (tertiary/aromatic N) is 6. The summed E-state index contributed by atoms with van der Waals surface area (Å²) in [7, 11) is 1.70. The zero-order valence-corrected chi connectivity index (χ0v) is 11.7. The number of rotatable bonds is 4. The number of benzene rings is 1. The molecule has 0 unspecified atom stereocenters. The van der Waals surface area contributed by atoms with Crippen LogP contribution in [0, 0.1) is 0 Å². The highest BCUT2D eigenvalue weighted by atomic mass is 35.5. The molecule has 0 aliphatic carbocycles. The molecule has 21 heavy (non-hydrogen) atoms. The quantitative estimate of drug-likeness (QED) is 0.787. The fourth-order valence-corrected chi connectivity index (χ4v) is 1.65. The van der Waals surface area contributed by atoms with Crippen LogP contribution in [-0.2, 0) is 0 Å². The minimum absolute atomic E-state index is 0.141. The first-order valence-electron chi connectivity index (χ1n) is 5.97. The zero-order valence-electron chi connectivity index (χ0n) is 10.9. The first-order chi connectivity index (χ1) is 10.2. The van der Waals surface area contributed by atoms with E-state index in [1.807, 2.05) is 0 Å². The highest BCUT2D eigenvalue weighted by molar-refractivity contribution is 6.30. The van der Waals surface area contributed by atoms with Crippen molar-refractivity contribution in [3.63, 3.8) is 0 Å². The number of ether oxygens (including phenoxy) is 1. The predicted octanol–water partition coefficient (Wildman–Crippen LogP) is 1.94. The maximum absolute atomic E-state index is 5.83. The molecule has 0 fully saturated rings. The summed E-state index contributed by atoms with van der Waals surface area (Å²) in [6, 6.07) is 7.02. The van der Waals surface area contributed by atoms with Gasteiger partial charge in [0.05, 0.1) is 0 Å². The molecular weight excluding hydrogens is 294 g/mol. The van der Waals surface area contributed by atoms with Gasteiger partial charge in [-0.2, -0.15) is 24.7 Å². The van der Waals surface area contributed by atoms with E-state index < -0.39 is 0 Å². The summed E-state index contributed by atoms with van der Waals surface area (Å²) in [5.41, 5.74) is 0. The Morgan fingerprint density at radius 3 is 2.62 bits per heavy atom. The summed E-state index contributed by atoms with van der Waals surface area (Å²) in [6.45, 7) is 0. The highest BCUT2D eigenvalue weighted by Crippen LogP contribution is 2.21. The maximum atomic E-state index is 5.83. The fraction of sp³-hybridized carbons (Fsp3) is 0.0833. The van der Waals surface area contributed by atoms with Gasteiger partial charge in [-0.3, -0.25) is 0 Å². The fourth-order valence-electron chi connectivity index (χ4n) is 1.53. The Labute approximate surface area is 124 Å². The second-order valence-corrected chi connectivity index (χ2v) is 4.32. The molecule has 0 aliphatic rings. The van der Waals surface area contributed by atoms with Gasteiger partial charge in [-0.05, 0) is 24.3 Å². The lowest BCUT2D eigenvalue weighted by Gasteiger charge is -2.07. The number of halogens is 1. The monoisotopic (exact) mass is 303 g/mol. The average molecular weight is 304 g/mol. The molecular formula is C12H10ClN7O. The van der Waals surface area contributed by atoms with Gasteiger partial charge >= 0.3 is 6.01 Å². The van der Waals surface area contributed by atoms with E-state index in [9.17, 15) is 0 Å². The Hall–Kier alpha value is -2.74. The van der Waals surface area contributed by atoms with Crippen LogP contribution in [0.2, 0.25) is 5.02 Å². The van der Waals surface area contributed by atoms with Crippen molar-refractivity contribution in [2.45, 2.75) is 0 Å². The molecule has 1 N–H and O–H groups in total. The van der Waals surface area contributed by atoms with Gasteiger partial charge in [0.25, 0.3) is 5.95 Å². The van der Waals surface area contributed by atoms with Crippen molar-refractivity contribution < 1.29 is 4.74 Å². The number of aromatic nitrogens is 6. The van der Waals surface area contributed by atoms with Crippen molar-refractivity contribution >= 4 is 17.5 Å². The molecule has 1 aromatic carbocycles. The van der Waals surface area contributed by atoms with Crippen LogP contribution in [-0.4, -0.2) is 36.8 Å². The van der Waals surface area contributed by atoms with Crippen LogP contribution in [0.3, 0.4) is 0 Å². The largest absolute Gasteiger partial charge is 0.424 e. The van der Waals surface area contributed by atoms with E-state index in [4.69, 9.17) is 16.3 Å². The first-order valence-corrected chi connectivity index (χ1v) is 6.34. The van der Waals surface area contributed by atoms with Crippen molar-refractivity contribution in [3.05, 3.63) is 41.9 Å². The van der Waals surface area contributed by atoms with E-state index in [1.54, 1.807) is 31.3 Å². The molecule has 8 nitrogen and oxygen atoms in total. The summed E-state index contributed by atoms with van der Waals surface area (Å²) < 4.78 is 7.01. The minimum Gasteiger partial charge on any atom is -0.424 e. The third-order valence-electron chi connectivity index (χ3n) is 2.47. The summed E-state index contributed by atoms with van der Waals surface area (Å²) in [5.74, 6) is 1.23. The van der Waals surface area contributed by atoms with Crippen molar-refractivity contribution in [3.8, 4) is 17.7 Å². The highest BCUT2D eigenvalue weighted by Gasteiger charge is 2.10. The smallest absolute Gasteiger partial charge is 0.328 e. The van der Waals surface area contributed by atoms with Gasteiger partial charge in [0, 0.05) is 12.1 Å². The lowest BCUT2D eigenvalue weighted by Crippen LogP contribution is -2.08. The Morgan fingerprint density at radius 2 is 1.95 bits per heavy atom. The van der Waals surface area contributed by atoms with Crippen molar-refractivity contribution in [1.29, 1.82) is 0 Å². The van der Waals surface area contributed by atoms with Crippen LogP contribution >= 0.6 is 11.6 Å². The lowest BCUT2D eigenvalue weighted by atomic mass is 10.3. The molecule has 0 aliphatic heterocycles. The molecule has 0 bridgehead atoms. The molecule has 0 saturated heterocycles. The van der Waals surface area contributed by atoms with Gasteiger partial charge in [0.2, 0.25) is 5.95 Å². The summed E-state index contributed by atoms with van der Waals surface area (Å²) in [5, 5.41) is 7.44. The van der Waals surface area contributed by atoms with Gasteiger partial charge in [0.1, 0.15) is 18.4 Å². The second-order valence-electron chi connectivity index (χ2n) is 3.89.